The Bertz CT molecular complexity index is 966. The number of benzene rings is 1. The molecule has 2 N–H and O–H groups in total. The molecule has 2 unspecified atom stereocenters. The lowest BCUT2D eigenvalue weighted by molar-refractivity contribution is -0.126. The second-order valence-corrected chi connectivity index (χ2v) is 10.3. The number of hydrogen-bond donors (Lipinski definition) is 2. The van der Waals surface area contributed by atoms with E-state index in [9.17, 15) is 9.59 Å². The van der Waals surface area contributed by atoms with Gasteiger partial charge in [-0.2, -0.15) is 0 Å². The second kappa shape index (κ2) is 10.9. The van der Waals surface area contributed by atoms with E-state index < -0.39 is 0 Å². The van der Waals surface area contributed by atoms with Crippen LogP contribution in [0, 0.1) is 11.8 Å². The van der Waals surface area contributed by atoms with E-state index in [0.717, 1.165) is 43.3 Å². The fourth-order valence-electron chi connectivity index (χ4n) is 5.35. The monoisotopic (exact) mass is 472 g/mol. The van der Waals surface area contributed by atoms with Gasteiger partial charge >= 0.3 is 0 Å². The average Bonchev–Trinajstić information content (AvgIpc) is 3.25. The molecule has 0 radical (unpaired) electrons. The molecule has 2 aromatic rings. The second-order valence-electron chi connectivity index (χ2n) is 9.86. The summed E-state index contributed by atoms with van der Waals surface area (Å²) in [7, 11) is 0. The van der Waals surface area contributed by atoms with Gasteiger partial charge in [0, 0.05) is 54.1 Å². The van der Waals surface area contributed by atoms with Crippen molar-refractivity contribution in [2.24, 2.45) is 11.8 Å². The number of nitrogens with one attached hydrogen (secondary N) is 2. The summed E-state index contributed by atoms with van der Waals surface area (Å²) in [5, 5.41) is 4.76. The topological polar surface area (TPSA) is 68.4 Å². The minimum atomic E-state index is -0.0219. The maximum atomic E-state index is 13.0. The van der Waals surface area contributed by atoms with E-state index in [1.165, 1.54) is 25.8 Å². The summed E-state index contributed by atoms with van der Waals surface area (Å²) in [6.45, 7) is 8.71. The lowest BCUT2D eigenvalue weighted by Crippen LogP contribution is -2.43. The van der Waals surface area contributed by atoms with Gasteiger partial charge in [0.1, 0.15) is 5.69 Å². The van der Waals surface area contributed by atoms with Gasteiger partial charge in [0.25, 0.3) is 5.91 Å². The Kier molecular flexibility index (Phi) is 7.97. The highest BCUT2D eigenvalue weighted by molar-refractivity contribution is 6.31. The smallest absolute Gasteiger partial charge is 0.270 e. The van der Waals surface area contributed by atoms with Gasteiger partial charge < -0.3 is 20.1 Å². The number of carbonyl (C=O) groups excluding carboxylic acids is 2. The van der Waals surface area contributed by atoms with Crippen LogP contribution >= 0.6 is 11.6 Å². The molecular formula is C26H37ClN4O2. The molecule has 7 heteroatoms. The molecule has 2 saturated heterocycles. The third kappa shape index (κ3) is 5.90. The summed E-state index contributed by atoms with van der Waals surface area (Å²) in [5.41, 5.74) is 1.51. The van der Waals surface area contributed by atoms with E-state index in [0.29, 0.717) is 35.8 Å². The summed E-state index contributed by atoms with van der Waals surface area (Å²) in [5.74, 6) is 0.466. The summed E-state index contributed by atoms with van der Waals surface area (Å²) in [6.07, 6.45) is 6.65. The highest BCUT2D eigenvalue weighted by Crippen LogP contribution is 2.27. The largest absolute Gasteiger partial charge is 0.356 e. The predicted octanol–water partition coefficient (Wildman–Crippen LogP) is 4.69. The first-order valence-corrected chi connectivity index (χ1v) is 12.9. The summed E-state index contributed by atoms with van der Waals surface area (Å²) >= 11 is 6.06. The van der Waals surface area contributed by atoms with E-state index >= 15 is 0 Å². The molecule has 1 aromatic heterocycles. The first-order valence-electron chi connectivity index (χ1n) is 12.5. The van der Waals surface area contributed by atoms with Crippen molar-refractivity contribution in [3.8, 4) is 0 Å². The Hall–Kier alpha value is -2.05. The average molecular weight is 473 g/mol. The summed E-state index contributed by atoms with van der Waals surface area (Å²) in [4.78, 5) is 33.3. The lowest BCUT2D eigenvalue weighted by Gasteiger charge is -2.34. The lowest BCUT2D eigenvalue weighted by atomic mass is 9.84. The number of amides is 2. The molecule has 0 spiro atoms. The van der Waals surface area contributed by atoms with Crippen LogP contribution < -0.4 is 5.32 Å². The standard InChI is InChI=1S/C26H37ClN4O2/c1-18-6-3-4-12-30(18)13-5-11-28-25(32)19(2)20-9-14-31(15-10-20)26(33)24-17-21-16-22(27)7-8-23(21)29-24/h7-8,16-20,29H,3-6,9-15H2,1-2H3,(H,28,32). The molecule has 2 aliphatic rings. The fourth-order valence-corrected chi connectivity index (χ4v) is 5.53. The van der Waals surface area contributed by atoms with Crippen molar-refractivity contribution in [1.29, 1.82) is 0 Å². The minimum Gasteiger partial charge on any atom is -0.356 e. The Balaban J connectivity index is 1.20. The van der Waals surface area contributed by atoms with Crippen LogP contribution in [0.5, 0.6) is 0 Å². The van der Waals surface area contributed by atoms with Gasteiger partial charge in [0.05, 0.1) is 0 Å². The third-order valence-electron chi connectivity index (χ3n) is 7.62. The van der Waals surface area contributed by atoms with Gasteiger partial charge in [-0.15, -0.1) is 0 Å². The van der Waals surface area contributed by atoms with Crippen molar-refractivity contribution in [3.63, 3.8) is 0 Å². The zero-order chi connectivity index (χ0) is 23.4. The molecule has 2 amide bonds. The molecule has 0 aliphatic carbocycles. The summed E-state index contributed by atoms with van der Waals surface area (Å²) < 4.78 is 0. The van der Waals surface area contributed by atoms with Crippen LogP contribution in [0.1, 0.15) is 62.9 Å². The molecule has 0 saturated carbocycles. The van der Waals surface area contributed by atoms with Gasteiger partial charge in [-0.1, -0.05) is 24.9 Å². The number of H-pyrrole nitrogens is 1. The zero-order valence-corrected chi connectivity index (χ0v) is 20.7. The molecule has 6 nitrogen and oxygen atoms in total. The number of piperidine rings is 2. The highest BCUT2D eigenvalue weighted by Gasteiger charge is 2.30. The van der Waals surface area contributed by atoms with Crippen LogP contribution in [0.4, 0.5) is 0 Å². The third-order valence-corrected chi connectivity index (χ3v) is 7.86. The van der Waals surface area contributed by atoms with E-state index in [2.05, 4.69) is 22.1 Å². The number of hydrogen-bond acceptors (Lipinski definition) is 3. The van der Waals surface area contributed by atoms with Crippen LogP contribution in [0.3, 0.4) is 0 Å². The van der Waals surface area contributed by atoms with Crippen molar-refractivity contribution in [2.45, 2.75) is 58.4 Å². The summed E-state index contributed by atoms with van der Waals surface area (Å²) in [6, 6.07) is 8.12. The number of nitrogens with zero attached hydrogens (tertiary/aromatic N) is 2. The van der Waals surface area contributed by atoms with E-state index in [4.69, 9.17) is 11.6 Å². The van der Waals surface area contributed by atoms with Crippen molar-refractivity contribution >= 4 is 34.3 Å². The van der Waals surface area contributed by atoms with Crippen LogP contribution in [-0.4, -0.2) is 65.4 Å². The molecule has 33 heavy (non-hydrogen) atoms. The molecule has 0 bridgehead atoms. The Morgan fingerprint density at radius 1 is 1.15 bits per heavy atom. The molecule has 2 atom stereocenters. The number of likely N-dealkylation sites (tertiary alicyclic amines) is 2. The Morgan fingerprint density at radius 3 is 2.70 bits per heavy atom. The number of aromatic amines is 1. The number of rotatable bonds is 7. The minimum absolute atomic E-state index is 0.0184. The van der Waals surface area contributed by atoms with Crippen LogP contribution in [-0.2, 0) is 4.79 Å². The molecule has 4 rings (SSSR count). The maximum Gasteiger partial charge on any atom is 0.270 e. The predicted molar refractivity (Wildman–Crippen MR) is 134 cm³/mol. The van der Waals surface area contributed by atoms with Crippen molar-refractivity contribution in [1.82, 2.24) is 20.1 Å². The van der Waals surface area contributed by atoms with Crippen molar-refractivity contribution in [2.75, 3.05) is 32.7 Å². The number of halogens is 1. The van der Waals surface area contributed by atoms with Crippen LogP contribution in [0.2, 0.25) is 5.02 Å². The molecule has 2 aliphatic heterocycles. The number of aromatic nitrogens is 1. The van der Waals surface area contributed by atoms with Crippen molar-refractivity contribution < 1.29 is 9.59 Å². The van der Waals surface area contributed by atoms with Gasteiger partial charge in [0.2, 0.25) is 5.91 Å². The molecule has 1 aromatic carbocycles. The van der Waals surface area contributed by atoms with Gasteiger partial charge in [0.15, 0.2) is 0 Å². The van der Waals surface area contributed by atoms with Gasteiger partial charge in [-0.05, 0) is 75.8 Å². The number of carbonyl (C=O) groups is 2. The quantitative estimate of drug-likeness (QED) is 0.574. The van der Waals surface area contributed by atoms with E-state index in [1.807, 2.05) is 36.1 Å². The Labute approximate surface area is 202 Å². The van der Waals surface area contributed by atoms with E-state index in [1.54, 1.807) is 0 Å². The molecular weight excluding hydrogens is 436 g/mol. The molecule has 3 heterocycles. The highest BCUT2D eigenvalue weighted by atomic mass is 35.5. The zero-order valence-electron chi connectivity index (χ0n) is 19.9. The van der Waals surface area contributed by atoms with Gasteiger partial charge in [-0.25, -0.2) is 0 Å². The molecule has 2 fully saturated rings. The fraction of sp³-hybridized carbons (Fsp3) is 0.615. The van der Waals surface area contributed by atoms with Crippen LogP contribution in [0.25, 0.3) is 10.9 Å². The Morgan fingerprint density at radius 2 is 1.94 bits per heavy atom. The SMILES string of the molecule is CC(C(=O)NCCCN1CCCCC1C)C1CCN(C(=O)c2cc3cc(Cl)ccc3[nH]2)CC1. The van der Waals surface area contributed by atoms with E-state index in [-0.39, 0.29) is 17.7 Å². The normalized spacial score (nSPS) is 21.3. The maximum absolute atomic E-state index is 13.0. The van der Waals surface area contributed by atoms with Crippen LogP contribution in [0.15, 0.2) is 24.3 Å². The van der Waals surface area contributed by atoms with Crippen molar-refractivity contribution in [3.05, 3.63) is 35.0 Å². The van der Waals surface area contributed by atoms with Gasteiger partial charge in [-0.3, -0.25) is 9.59 Å². The number of fused-ring (bicyclic) bond motifs is 1. The first-order chi connectivity index (χ1) is 15.9. The first kappa shape index (κ1) is 24.1. The molecule has 180 valence electrons.